The number of aryl methyl sites for hydroxylation is 1. The summed E-state index contributed by atoms with van der Waals surface area (Å²) in [6.45, 7) is 2.05. The number of methoxy groups -OCH3 is 1. The molecular formula is C11H13BrO. The molecule has 0 aliphatic heterocycles. The molecule has 0 spiro atoms. The molecule has 0 aromatic heterocycles. The maximum atomic E-state index is 5.17. The molecule has 0 saturated carbocycles. The van der Waals surface area contributed by atoms with Crippen LogP contribution >= 0.6 is 15.9 Å². The Kier molecular flexibility index (Phi) is 4.03. The minimum Gasteiger partial charge on any atom is -0.496 e. The molecule has 70 valence electrons. The first-order valence-electron chi connectivity index (χ1n) is 4.15. The van der Waals surface area contributed by atoms with Gasteiger partial charge in [0.2, 0.25) is 0 Å². The van der Waals surface area contributed by atoms with Gasteiger partial charge in [-0.25, -0.2) is 0 Å². The first kappa shape index (κ1) is 10.3. The summed E-state index contributed by atoms with van der Waals surface area (Å²) < 4.78 is 5.17. The average Bonchev–Trinajstić information content (AvgIpc) is 2.15. The molecule has 0 amide bonds. The van der Waals surface area contributed by atoms with Crippen LogP contribution < -0.4 is 4.74 Å². The molecule has 1 aromatic carbocycles. The van der Waals surface area contributed by atoms with E-state index >= 15 is 0 Å². The molecule has 0 unspecified atom stereocenters. The number of allylic oxidation sites excluding steroid dienone is 1. The summed E-state index contributed by atoms with van der Waals surface area (Å²) in [4.78, 5) is 0. The number of hydrogen-bond donors (Lipinski definition) is 0. The summed E-state index contributed by atoms with van der Waals surface area (Å²) in [6.07, 6.45) is 4.16. The number of benzene rings is 1. The highest BCUT2D eigenvalue weighted by Crippen LogP contribution is 2.19. The van der Waals surface area contributed by atoms with Gasteiger partial charge >= 0.3 is 0 Å². The molecule has 0 aliphatic carbocycles. The van der Waals surface area contributed by atoms with Crippen molar-refractivity contribution in [3.63, 3.8) is 0 Å². The van der Waals surface area contributed by atoms with Crippen LogP contribution in [0.1, 0.15) is 11.1 Å². The molecule has 0 bridgehead atoms. The monoisotopic (exact) mass is 240 g/mol. The van der Waals surface area contributed by atoms with Gasteiger partial charge in [-0.3, -0.25) is 0 Å². The van der Waals surface area contributed by atoms with Gasteiger partial charge in [-0.1, -0.05) is 34.1 Å². The Balaban J connectivity index is 2.89. The summed E-state index contributed by atoms with van der Waals surface area (Å²) in [5.74, 6) is 0.941. The van der Waals surface area contributed by atoms with Crippen LogP contribution in [0, 0.1) is 6.92 Å². The Morgan fingerprint density at radius 2 is 2.23 bits per heavy atom. The molecule has 13 heavy (non-hydrogen) atoms. The second-order valence-electron chi connectivity index (χ2n) is 2.79. The summed E-state index contributed by atoms with van der Waals surface area (Å²) in [7, 11) is 1.69. The SMILES string of the molecule is COc1ccc(C=CCBr)cc1C. The van der Waals surface area contributed by atoms with Crippen molar-refractivity contribution < 1.29 is 4.74 Å². The number of hydrogen-bond acceptors (Lipinski definition) is 1. The van der Waals surface area contributed by atoms with E-state index in [1.165, 1.54) is 11.1 Å². The van der Waals surface area contributed by atoms with Crippen LogP contribution in [0.3, 0.4) is 0 Å². The third kappa shape index (κ3) is 2.88. The standard InChI is InChI=1S/C11H13BrO/c1-9-8-10(4-3-7-12)5-6-11(9)13-2/h3-6,8H,7H2,1-2H3. The summed E-state index contributed by atoms with van der Waals surface area (Å²) in [5, 5.41) is 0.887. The molecule has 2 heteroatoms. The molecule has 0 fully saturated rings. The smallest absolute Gasteiger partial charge is 0.121 e. The van der Waals surface area contributed by atoms with Crippen molar-refractivity contribution in [2.45, 2.75) is 6.92 Å². The zero-order valence-corrected chi connectivity index (χ0v) is 9.47. The topological polar surface area (TPSA) is 9.23 Å². The van der Waals surface area contributed by atoms with E-state index in [1.807, 2.05) is 19.1 Å². The van der Waals surface area contributed by atoms with Crippen LogP contribution in [0.2, 0.25) is 0 Å². The van der Waals surface area contributed by atoms with Crippen molar-refractivity contribution in [1.29, 1.82) is 0 Å². The summed E-state index contributed by atoms with van der Waals surface area (Å²) >= 11 is 3.34. The van der Waals surface area contributed by atoms with Crippen LogP contribution in [0.25, 0.3) is 6.08 Å². The van der Waals surface area contributed by atoms with Gasteiger partial charge in [0.25, 0.3) is 0 Å². The predicted octanol–water partition coefficient (Wildman–Crippen LogP) is 3.41. The molecule has 1 nitrogen and oxygen atoms in total. The van der Waals surface area contributed by atoms with E-state index in [9.17, 15) is 0 Å². The van der Waals surface area contributed by atoms with Crippen LogP contribution in [0.4, 0.5) is 0 Å². The zero-order chi connectivity index (χ0) is 9.68. The highest BCUT2D eigenvalue weighted by Gasteiger charge is 1.96. The molecule has 1 aromatic rings. The van der Waals surface area contributed by atoms with E-state index in [0.29, 0.717) is 0 Å². The van der Waals surface area contributed by atoms with E-state index in [0.717, 1.165) is 11.1 Å². The molecule has 1 rings (SSSR count). The van der Waals surface area contributed by atoms with Crippen LogP contribution in [0.5, 0.6) is 5.75 Å². The lowest BCUT2D eigenvalue weighted by Crippen LogP contribution is -1.86. The highest BCUT2D eigenvalue weighted by molar-refractivity contribution is 9.09. The van der Waals surface area contributed by atoms with Crippen LogP contribution in [-0.2, 0) is 0 Å². The fourth-order valence-electron chi connectivity index (χ4n) is 1.19. The van der Waals surface area contributed by atoms with Gasteiger partial charge in [0.1, 0.15) is 5.75 Å². The van der Waals surface area contributed by atoms with Gasteiger partial charge in [0, 0.05) is 5.33 Å². The second-order valence-corrected chi connectivity index (χ2v) is 3.43. The predicted molar refractivity (Wildman–Crippen MR) is 60.6 cm³/mol. The minimum absolute atomic E-state index is 0.887. The number of rotatable bonds is 3. The van der Waals surface area contributed by atoms with E-state index in [1.54, 1.807) is 7.11 Å². The fraction of sp³-hybridized carbons (Fsp3) is 0.273. The second kappa shape index (κ2) is 5.07. The fourth-order valence-corrected chi connectivity index (χ4v) is 1.37. The van der Waals surface area contributed by atoms with Crippen LogP contribution in [0.15, 0.2) is 24.3 Å². The van der Waals surface area contributed by atoms with Crippen molar-refractivity contribution in [2.75, 3.05) is 12.4 Å². The lowest BCUT2D eigenvalue weighted by molar-refractivity contribution is 0.411. The Hall–Kier alpha value is -0.760. The van der Waals surface area contributed by atoms with Crippen molar-refractivity contribution >= 4 is 22.0 Å². The molecule has 0 N–H and O–H groups in total. The average molecular weight is 241 g/mol. The highest BCUT2D eigenvalue weighted by atomic mass is 79.9. The number of ether oxygens (including phenoxy) is 1. The minimum atomic E-state index is 0.887. The molecule has 0 saturated heterocycles. The van der Waals surface area contributed by atoms with Gasteiger partial charge in [0.15, 0.2) is 0 Å². The first-order chi connectivity index (χ1) is 6.27. The normalized spacial score (nSPS) is 10.7. The quantitative estimate of drug-likeness (QED) is 0.737. The third-order valence-electron chi connectivity index (χ3n) is 1.82. The Morgan fingerprint density at radius 1 is 1.46 bits per heavy atom. The van der Waals surface area contributed by atoms with E-state index < -0.39 is 0 Å². The van der Waals surface area contributed by atoms with Crippen molar-refractivity contribution in [1.82, 2.24) is 0 Å². The van der Waals surface area contributed by atoms with E-state index in [-0.39, 0.29) is 0 Å². The largest absolute Gasteiger partial charge is 0.496 e. The van der Waals surface area contributed by atoms with Crippen molar-refractivity contribution in [3.05, 3.63) is 35.4 Å². The summed E-state index contributed by atoms with van der Waals surface area (Å²) in [5.41, 5.74) is 2.37. The number of alkyl halides is 1. The molecule has 0 atom stereocenters. The van der Waals surface area contributed by atoms with Gasteiger partial charge < -0.3 is 4.74 Å². The number of halogens is 1. The molecule has 0 aliphatic rings. The Bertz CT molecular complexity index is 305. The maximum absolute atomic E-state index is 5.17. The van der Waals surface area contributed by atoms with E-state index in [2.05, 4.69) is 34.1 Å². The van der Waals surface area contributed by atoms with Crippen molar-refractivity contribution in [3.8, 4) is 5.75 Å². The lowest BCUT2D eigenvalue weighted by atomic mass is 10.1. The summed E-state index contributed by atoms with van der Waals surface area (Å²) in [6, 6.07) is 6.15. The Morgan fingerprint density at radius 3 is 2.77 bits per heavy atom. The maximum Gasteiger partial charge on any atom is 0.121 e. The molecule has 0 radical (unpaired) electrons. The molecule has 0 heterocycles. The Labute approximate surface area is 87.5 Å². The van der Waals surface area contributed by atoms with Gasteiger partial charge in [-0.15, -0.1) is 0 Å². The van der Waals surface area contributed by atoms with Gasteiger partial charge in [-0.2, -0.15) is 0 Å². The van der Waals surface area contributed by atoms with E-state index in [4.69, 9.17) is 4.74 Å². The van der Waals surface area contributed by atoms with Gasteiger partial charge in [-0.05, 0) is 30.2 Å². The lowest BCUT2D eigenvalue weighted by Gasteiger charge is -2.04. The molecular weight excluding hydrogens is 228 g/mol. The van der Waals surface area contributed by atoms with Crippen LogP contribution in [-0.4, -0.2) is 12.4 Å². The van der Waals surface area contributed by atoms with Crippen molar-refractivity contribution in [2.24, 2.45) is 0 Å². The first-order valence-corrected chi connectivity index (χ1v) is 5.27. The zero-order valence-electron chi connectivity index (χ0n) is 7.88. The third-order valence-corrected chi connectivity index (χ3v) is 2.19. The van der Waals surface area contributed by atoms with Gasteiger partial charge in [0.05, 0.1) is 7.11 Å².